The normalized spacial score (nSPS) is 57.6. The third kappa shape index (κ3) is 0.430. The van der Waals surface area contributed by atoms with Crippen LogP contribution in [0.2, 0.25) is 0 Å². The van der Waals surface area contributed by atoms with E-state index in [0.717, 1.165) is 17.4 Å². The van der Waals surface area contributed by atoms with E-state index in [1.807, 2.05) is 0 Å². The Hall–Kier alpha value is -0.0400. The first kappa shape index (κ1) is 5.59. The van der Waals surface area contributed by atoms with Crippen molar-refractivity contribution in [1.29, 1.82) is 0 Å². The number of hydrogen-bond acceptors (Lipinski definition) is 1. The minimum Gasteiger partial charge on any atom is -0.313 e. The highest BCUT2D eigenvalue weighted by atomic mass is 15.0. The molecule has 1 nitrogen and oxygen atoms in total. The molecule has 1 heteroatoms. The summed E-state index contributed by atoms with van der Waals surface area (Å²) in [7, 11) is 0. The second kappa shape index (κ2) is 1.58. The average Bonchev–Trinajstić information content (AvgIpc) is 1.80. The zero-order valence-corrected chi connectivity index (χ0v) is 6.40. The standard InChI is InChI=1S/C9H15N/c1-4-9-5-2-8(9)10-6-3-7(1)9/h7-8,10H,1-6H2/t7-,8?,9?/m0/s1. The lowest BCUT2D eigenvalue weighted by Gasteiger charge is -2.64. The van der Waals surface area contributed by atoms with Gasteiger partial charge in [0.25, 0.3) is 0 Å². The molecule has 3 fully saturated rings. The molecule has 1 heterocycles. The number of nitrogens with one attached hydrogen (secondary N) is 1. The molecule has 2 unspecified atom stereocenters. The van der Waals surface area contributed by atoms with Crippen LogP contribution in [0.3, 0.4) is 0 Å². The molecular formula is C9H15N. The van der Waals surface area contributed by atoms with E-state index in [1.54, 1.807) is 0 Å². The summed E-state index contributed by atoms with van der Waals surface area (Å²) in [5, 5.41) is 3.64. The summed E-state index contributed by atoms with van der Waals surface area (Å²) in [6.07, 6.45) is 7.55. The Morgan fingerprint density at radius 1 is 1.10 bits per heavy atom. The van der Waals surface area contributed by atoms with Crippen LogP contribution < -0.4 is 5.32 Å². The molecular weight excluding hydrogens is 122 g/mol. The first-order valence-corrected chi connectivity index (χ1v) is 4.65. The molecule has 0 aromatic rings. The molecule has 1 spiro atoms. The van der Waals surface area contributed by atoms with Crippen molar-refractivity contribution in [2.75, 3.05) is 6.54 Å². The fourth-order valence-electron chi connectivity index (χ4n) is 3.34. The lowest BCUT2D eigenvalue weighted by atomic mass is 9.45. The smallest absolute Gasteiger partial charge is 0.0126 e. The molecule has 0 amide bonds. The second-order valence-corrected chi connectivity index (χ2v) is 4.30. The van der Waals surface area contributed by atoms with Crippen LogP contribution in [0.25, 0.3) is 0 Å². The van der Waals surface area contributed by atoms with Crippen molar-refractivity contribution in [3.05, 3.63) is 0 Å². The van der Waals surface area contributed by atoms with Gasteiger partial charge in [-0.3, -0.25) is 0 Å². The van der Waals surface area contributed by atoms with E-state index in [9.17, 15) is 0 Å². The summed E-state index contributed by atoms with van der Waals surface area (Å²) in [5.41, 5.74) is 0.845. The van der Waals surface area contributed by atoms with Gasteiger partial charge in [-0.2, -0.15) is 0 Å². The molecule has 0 bridgehead atoms. The summed E-state index contributed by atoms with van der Waals surface area (Å²) < 4.78 is 0. The van der Waals surface area contributed by atoms with E-state index in [4.69, 9.17) is 0 Å². The molecule has 3 rings (SSSR count). The molecule has 0 aromatic heterocycles. The Balaban J connectivity index is 1.88. The van der Waals surface area contributed by atoms with Crippen LogP contribution in [0.1, 0.15) is 32.1 Å². The minimum absolute atomic E-state index is 0.845. The molecule has 10 heavy (non-hydrogen) atoms. The summed E-state index contributed by atoms with van der Waals surface area (Å²) in [5.74, 6) is 1.13. The molecule has 2 aliphatic carbocycles. The molecule has 0 aromatic carbocycles. The Morgan fingerprint density at radius 2 is 2.00 bits per heavy atom. The van der Waals surface area contributed by atoms with E-state index in [1.165, 1.54) is 38.6 Å². The molecule has 1 saturated heterocycles. The van der Waals surface area contributed by atoms with Gasteiger partial charge in [0.05, 0.1) is 0 Å². The maximum Gasteiger partial charge on any atom is 0.0126 e. The highest BCUT2D eigenvalue weighted by Gasteiger charge is 2.58. The van der Waals surface area contributed by atoms with Crippen LogP contribution in [-0.2, 0) is 0 Å². The Kier molecular flexibility index (Phi) is 0.883. The van der Waals surface area contributed by atoms with Gasteiger partial charge in [-0.05, 0) is 50.0 Å². The predicted octanol–water partition coefficient (Wildman–Crippen LogP) is 1.54. The Bertz CT molecular complexity index is 146. The third-order valence-corrected chi connectivity index (χ3v) is 4.25. The summed E-state index contributed by atoms with van der Waals surface area (Å²) in [6.45, 7) is 1.30. The fourth-order valence-corrected chi connectivity index (χ4v) is 3.34. The van der Waals surface area contributed by atoms with E-state index in [2.05, 4.69) is 5.32 Å². The molecule has 2 saturated carbocycles. The minimum atomic E-state index is 0.845. The van der Waals surface area contributed by atoms with Crippen LogP contribution >= 0.6 is 0 Å². The number of rotatable bonds is 0. The molecule has 3 aliphatic rings. The highest BCUT2D eigenvalue weighted by Crippen LogP contribution is 2.62. The largest absolute Gasteiger partial charge is 0.313 e. The lowest BCUT2D eigenvalue weighted by molar-refractivity contribution is -0.110. The van der Waals surface area contributed by atoms with Crippen molar-refractivity contribution in [2.45, 2.75) is 38.1 Å². The van der Waals surface area contributed by atoms with Crippen LogP contribution in [0.4, 0.5) is 0 Å². The van der Waals surface area contributed by atoms with E-state index in [-0.39, 0.29) is 0 Å². The number of piperidine rings is 1. The molecule has 0 radical (unpaired) electrons. The first-order chi connectivity index (χ1) is 4.92. The van der Waals surface area contributed by atoms with Crippen molar-refractivity contribution in [2.24, 2.45) is 11.3 Å². The zero-order chi connectivity index (χ0) is 6.60. The molecule has 56 valence electrons. The van der Waals surface area contributed by atoms with Crippen LogP contribution in [-0.4, -0.2) is 12.6 Å². The van der Waals surface area contributed by atoms with Crippen molar-refractivity contribution < 1.29 is 0 Å². The van der Waals surface area contributed by atoms with Crippen molar-refractivity contribution >= 4 is 0 Å². The van der Waals surface area contributed by atoms with Gasteiger partial charge in [-0.15, -0.1) is 0 Å². The SMILES string of the molecule is C1C[C@@H]2CCC23CCC3N1. The van der Waals surface area contributed by atoms with Crippen LogP contribution in [0.15, 0.2) is 0 Å². The number of hydrogen-bond donors (Lipinski definition) is 1. The van der Waals surface area contributed by atoms with Gasteiger partial charge in [0.2, 0.25) is 0 Å². The summed E-state index contributed by atoms with van der Waals surface area (Å²) >= 11 is 0. The van der Waals surface area contributed by atoms with E-state index in [0.29, 0.717) is 0 Å². The van der Waals surface area contributed by atoms with Crippen molar-refractivity contribution in [3.8, 4) is 0 Å². The predicted molar refractivity (Wildman–Crippen MR) is 40.8 cm³/mol. The van der Waals surface area contributed by atoms with E-state index >= 15 is 0 Å². The highest BCUT2D eigenvalue weighted by molar-refractivity contribution is 5.12. The van der Waals surface area contributed by atoms with Gasteiger partial charge < -0.3 is 5.32 Å². The maximum atomic E-state index is 3.64. The summed E-state index contributed by atoms with van der Waals surface area (Å²) in [6, 6.07) is 0.944. The Morgan fingerprint density at radius 3 is 2.40 bits per heavy atom. The Labute approximate surface area is 62.2 Å². The average molecular weight is 137 g/mol. The molecule has 1 aliphatic heterocycles. The van der Waals surface area contributed by atoms with Crippen LogP contribution in [0, 0.1) is 11.3 Å². The second-order valence-electron chi connectivity index (χ2n) is 4.30. The molecule has 1 N–H and O–H groups in total. The summed E-state index contributed by atoms with van der Waals surface area (Å²) in [4.78, 5) is 0. The van der Waals surface area contributed by atoms with Crippen molar-refractivity contribution in [3.63, 3.8) is 0 Å². The maximum absolute atomic E-state index is 3.64. The van der Waals surface area contributed by atoms with Gasteiger partial charge in [-0.1, -0.05) is 0 Å². The van der Waals surface area contributed by atoms with E-state index < -0.39 is 0 Å². The topological polar surface area (TPSA) is 12.0 Å². The van der Waals surface area contributed by atoms with Crippen LogP contribution in [0.5, 0.6) is 0 Å². The van der Waals surface area contributed by atoms with Gasteiger partial charge in [0, 0.05) is 6.04 Å². The monoisotopic (exact) mass is 137 g/mol. The van der Waals surface area contributed by atoms with Crippen molar-refractivity contribution in [1.82, 2.24) is 5.32 Å². The quantitative estimate of drug-likeness (QED) is 0.534. The van der Waals surface area contributed by atoms with Gasteiger partial charge in [0.1, 0.15) is 0 Å². The van der Waals surface area contributed by atoms with Gasteiger partial charge in [0.15, 0.2) is 0 Å². The lowest BCUT2D eigenvalue weighted by Crippen LogP contribution is -2.65. The first-order valence-electron chi connectivity index (χ1n) is 4.65. The zero-order valence-electron chi connectivity index (χ0n) is 6.40. The third-order valence-electron chi connectivity index (χ3n) is 4.25. The fraction of sp³-hybridized carbons (Fsp3) is 1.00. The van der Waals surface area contributed by atoms with Gasteiger partial charge >= 0.3 is 0 Å². The molecule has 3 atom stereocenters. The van der Waals surface area contributed by atoms with Gasteiger partial charge in [-0.25, -0.2) is 0 Å².